The van der Waals surface area contributed by atoms with Crippen LogP contribution < -0.4 is 10.0 Å². The Bertz CT molecular complexity index is 778. The van der Waals surface area contributed by atoms with E-state index in [1.165, 1.54) is 6.20 Å². The lowest BCUT2D eigenvalue weighted by atomic mass is 10.3. The number of benzene rings is 1. The van der Waals surface area contributed by atoms with Crippen LogP contribution in [-0.2, 0) is 14.8 Å². The Morgan fingerprint density at radius 1 is 1.17 bits per heavy atom. The fourth-order valence-electron chi connectivity index (χ4n) is 1.73. The zero-order chi connectivity index (χ0) is 16.9. The van der Waals surface area contributed by atoms with Crippen LogP contribution in [0, 0.1) is 11.6 Å². The number of hydrogen-bond acceptors (Lipinski definition) is 4. The minimum absolute atomic E-state index is 0.147. The molecular weight excluding hydrogens is 328 g/mol. The predicted molar refractivity (Wildman–Crippen MR) is 79.0 cm³/mol. The van der Waals surface area contributed by atoms with E-state index in [1.807, 2.05) is 0 Å². The topological polar surface area (TPSA) is 88.2 Å². The summed E-state index contributed by atoms with van der Waals surface area (Å²) in [6.07, 6.45) is 2.84. The zero-order valence-corrected chi connectivity index (χ0v) is 12.6. The van der Waals surface area contributed by atoms with Crippen molar-refractivity contribution in [2.24, 2.45) is 0 Å². The summed E-state index contributed by atoms with van der Waals surface area (Å²) in [5.74, 6) is -2.43. The van der Waals surface area contributed by atoms with Gasteiger partial charge in [0, 0.05) is 25.2 Å². The van der Waals surface area contributed by atoms with E-state index in [0.29, 0.717) is 23.9 Å². The van der Waals surface area contributed by atoms with Crippen molar-refractivity contribution in [3.05, 3.63) is 54.4 Å². The van der Waals surface area contributed by atoms with Gasteiger partial charge in [0.25, 0.3) is 0 Å². The number of halogens is 2. The van der Waals surface area contributed by atoms with E-state index >= 15 is 0 Å². The molecular formula is C14H13F2N3O3S. The summed E-state index contributed by atoms with van der Waals surface area (Å²) in [6, 6.07) is 5.23. The SMILES string of the molecule is O=C(CCNS(=O)(=O)c1cc(F)cc(F)c1)Nc1cccnc1. The molecule has 6 nitrogen and oxygen atoms in total. The normalized spacial score (nSPS) is 11.2. The van der Waals surface area contributed by atoms with Gasteiger partial charge < -0.3 is 5.32 Å². The van der Waals surface area contributed by atoms with E-state index in [2.05, 4.69) is 15.0 Å². The van der Waals surface area contributed by atoms with Gasteiger partial charge in [0.15, 0.2) is 0 Å². The highest BCUT2D eigenvalue weighted by molar-refractivity contribution is 7.89. The van der Waals surface area contributed by atoms with E-state index in [4.69, 9.17) is 0 Å². The molecule has 1 aromatic heterocycles. The lowest BCUT2D eigenvalue weighted by molar-refractivity contribution is -0.116. The summed E-state index contributed by atoms with van der Waals surface area (Å²) in [6.45, 7) is -0.216. The fourth-order valence-corrected chi connectivity index (χ4v) is 2.80. The third kappa shape index (κ3) is 5.08. The monoisotopic (exact) mass is 341 g/mol. The molecule has 0 spiro atoms. The first-order valence-electron chi connectivity index (χ1n) is 6.52. The Kier molecular flexibility index (Phi) is 5.35. The van der Waals surface area contributed by atoms with Crippen LogP contribution in [0.25, 0.3) is 0 Å². The van der Waals surface area contributed by atoms with Gasteiger partial charge in [0.05, 0.1) is 16.8 Å². The van der Waals surface area contributed by atoms with E-state index < -0.39 is 32.5 Å². The first kappa shape index (κ1) is 17.0. The third-order valence-corrected chi connectivity index (χ3v) is 4.18. The van der Waals surface area contributed by atoms with Crippen molar-refractivity contribution in [3.63, 3.8) is 0 Å². The van der Waals surface area contributed by atoms with E-state index in [9.17, 15) is 22.0 Å². The molecule has 0 bridgehead atoms. The Hall–Kier alpha value is -2.39. The summed E-state index contributed by atoms with van der Waals surface area (Å²) in [5.41, 5.74) is 0.479. The number of sulfonamides is 1. The van der Waals surface area contributed by atoms with Crippen molar-refractivity contribution in [1.29, 1.82) is 0 Å². The molecule has 0 atom stereocenters. The molecule has 0 unspecified atom stereocenters. The fraction of sp³-hybridized carbons (Fsp3) is 0.143. The molecule has 23 heavy (non-hydrogen) atoms. The summed E-state index contributed by atoms with van der Waals surface area (Å²) >= 11 is 0. The first-order valence-corrected chi connectivity index (χ1v) is 8.01. The number of amides is 1. The number of carbonyl (C=O) groups is 1. The Morgan fingerprint density at radius 3 is 2.48 bits per heavy atom. The van der Waals surface area contributed by atoms with Crippen LogP contribution in [0.5, 0.6) is 0 Å². The predicted octanol–water partition coefficient (Wildman–Crippen LogP) is 1.67. The number of pyridine rings is 1. The maximum atomic E-state index is 13.0. The molecule has 2 N–H and O–H groups in total. The van der Waals surface area contributed by atoms with Gasteiger partial charge in [-0.3, -0.25) is 9.78 Å². The minimum atomic E-state index is -4.10. The van der Waals surface area contributed by atoms with Crippen molar-refractivity contribution in [2.45, 2.75) is 11.3 Å². The van der Waals surface area contributed by atoms with Crippen LogP contribution in [0.3, 0.4) is 0 Å². The number of aromatic nitrogens is 1. The van der Waals surface area contributed by atoms with E-state index in [1.54, 1.807) is 18.3 Å². The lowest BCUT2D eigenvalue weighted by Gasteiger charge is -2.08. The minimum Gasteiger partial charge on any atom is -0.325 e. The van der Waals surface area contributed by atoms with Gasteiger partial charge in [-0.15, -0.1) is 0 Å². The summed E-state index contributed by atoms with van der Waals surface area (Å²) < 4.78 is 52.0. The van der Waals surface area contributed by atoms with Gasteiger partial charge in [0.1, 0.15) is 11.6 Å². The molecule has 9 heteroatoms. The maximum Gasteiger partial charge on any atom is 0.240 e. The second-order valence-corrected chi connectivity index (χ2v) is 6.31. The number of carbonyl (C=O) groups excluding carboxylic acids is 1. The van der Waals surface area contributed by atoms with Gasteiger partial charge in [-0.2, -0.15) is 0 Å². The largest absolute Gasteiger partial charge is 0.325 e. The van der Waals surface area contributed by atoms with Crippen LogP contribution in [0.1, 0.15) is 6.42 Å². The van der Waals surface area contributed by atoms with Gasteiger partial charge in [0.2, 0.25) is 15.9 Å². The average Bonchev–Trinajstić information content (AvgIpc) is 2.47. The molecule has 1 amide bonds. The highest BCUT2D eigenvalue weighted by Crippen LogP contribution is 2.13. The second-order valence-electron chi connectivity index (χ2n) is 4.54. The molecule has 0 aliphatic heterocycles. The number of rotatable bonds is 6. The molecule has 0 aliphatic rings. The molecule has 0 radical (unpaired) electrons. The summed E-state index contributed by atoms with van der Waals surface area (Å²) in [4.78, 5) is 14.9. The van der Waals surface area contributed by atoms with Crippen molar-refractivity contribution in [2.75, 3.05) is 11.9 Å². The van der Waals surface area contributed by atoms with Crippen molar-refractivity contribution >= 4 is 21.6 Å². The van der Waals surface area contributed by atoms with E-state index in [-0.39, 0.29) is 13.0 Å². The smallest absolute Gasteiger partial charge is 0.240 e. The molecule has 1 aromatic carbocycles. The van der Waals surface area contributed by atoms with Crippen LogP contribution in [0.4, 0.5) is 14.5 Å². The number of nitrogens with one attached hydrogen (secondary N) is 2. The first-order chi connectivity index (χ1) is 10.9. The molecule has 1 heterocycles. The van der Waals surface area contributed by atoms with Gasteiger partial charge in [-0.25, -0.2) is 21.9 Å². The summed E-state index contributed by atoms with van der Waals surface area (Å²) in [7, 11) is -4.10. The quantitative estimate of drug-likeness (QED) is 0.836. The van der Waals surface area contributed by atoms with Crippen molar-refractivity contribution < 1.29 is 22.0 Å². The molecule has 0 saturated carbocycles. The standard InChI is InChI=1S/C14H13F2N3O3S/c15-10-6-11(16)8-13(7-10)23(21,22)18-5-3-14(20)19-12-2-1-4-17-9-12/h1-2,4,6-9,18H,3,5H2,(H,19,20). The molecule has 0 aliphatic carbocycles. The Balaban J connectivity index is 1.91. The van der Waals surface area contributed by atoms with Crippen molar-refractivity contribution in [3.8, 4) is 0 Å². The second kappa shape index (κ2) is 7.25. The molecule has 122 valence electrons. The van der Waals surface area contributed by atoms with Crippen LogP contribution >= 0.6 is 0 Å². The van der Waals surface area contributed by atoms with Gasteiger partial charge >= 0.3 is 0 Å². The molecule has 0 saturated heterocycles. The third-order valence-electron chi connectivity index (χ3n) is 2.74. The van der Waals surface area contributed by atoms with Gasteiger partial charge in [-0.1, -0.05) is 0 Å². The van der Waals surface area contributed by atoms with Crippen LogP contribution in [-0.4, -0.2) is 25.9 Å². The lowest BCUT2D eigenvalue weighted by Crippen LogP contribution is -2.28. The number of anilines is 1. The Morgan fingerprint density at radius 2 is 1.87 bits per heavy atom. The molecule has 2 rings (SSSR count). The molecule has 0 fully saturated rings. The average molecular weight is 341 g/mol. The number of nitrogens with zero attached hydrogens (tertiary/aromatic N) is 1. The highest BCUT2D eigenvalue weighted by atomic mass is 32.2. The van der Waals surface area contributed by atoms with Crippen LogP contribution in [0.2, 0.25) is 0 Å². The van der Waals surface area contributed by atoms with Crippen molar-refractivity contribution in [1.82, 2.24) is 9.71 Å². The van der Waals surface area contributed by atoms with Crippen LogP contribution in [0.15, 0.2) is 47.6 Å². The Labute approximate surface area is 131 Å². The zero-order valence-electron chi connectivity index (χ0n) is 11.8. The highest BCUT2D eigenvalue weighted by Gasteiger charge is 2.16. The molecule has 2 aromatic rings. The van der Waals surface area contributed by atoms with E-state index in [0.717, 1.165) is 0 Å². The summed E-state index contributed by atoms with van der Waals surface area (Å²) in [5, 5.41) is 2.53. The maximum absolute atomic E-state index is 13.0. The number of hydrogen-bond donors (Lipinski definition) is 2. The van der Waals surface area contributed by atoms with Gasteiger partial charge in [-0.05, 0) is 24.3 Å².